The van der Waals surface area contributed by atoms with Crippen LogP contribution < -0.4 is 16.0 Å². The van der Waals surface area contributed by atoms with Crippen molar-refractivity contribution in [3.8, 4) is 0 Å². The molecule has 1 amide bonds. The third-order valence-corrected chi connectivity index (χ3v) is 3.23. The number of amides is 1. The zero-order chi connectivity index (χ0) is 15.4. The number of carbonyl (C=O) groups excluding carboxylic acids is 1. The quantitative estimate of drug-likeness (QED) is 0.806. The number of nitrogen functional groups attached to an aromatic ring is 1. The van der Waals surface area contributed by atoms with Gasteiger partial charge >= 0.3 is 0 Å². The summed E-state index contributed by atoms with van der Waals surface area (Å²) in [5.41, 5.74) is 9.12. The summed E-state index contributed by atoms with van der Waals surface area (Å²) in [5.74, 6) is -0.115. The van der Waals surface area contributed by atoms with Crippen LogP contribution in [0.4, 0.5) is 11.4 Å². The van der Waals surface area contributed by atoms with Gasteiger partial charge in [-0.2, -0.15) is 5.10 Å². The summed E-state index contributed by atoms with van der Waals surface area (Å²) >= 11 is 0. The molecule has 6 heteroatoms. The predicted molar refractivity (Wildman–Crippen MR) is 84.4 cm³/mol. The molecule has 6 nitrogen and oxygen atoms in total. The summed E-state index contributed by atoms with van der Waals surface area (Å²) in [7, 11) is 5.70. The van der Waals surface area contributed by atoms with Crippen molar-refractivity contribution in [3.05, 3.63) is 41.7 Å². The Labute approximate surface area is 124 Å². The molecule has 0 atom stereocenters. The first-order chi connectivity index (χ1) is 9.97. The number of anilines is 2. The minimum Gasteiger partial charge on any atom is -0.397 e. The molecule has 0 unspecified atom stereocenters. The largest absolute Gasteiger partial charge is 0.397 e. The average Bonchev–Trinajstić information content (AvgIpc) is 2.83. The van der Waals surface area contributed by atoms with E-state index in [1.165, 1.54) is 0 Å². The molecule has 21 heavy (non-hydrogen) atoms. The van der Waals surface area contributed by atoms with Crippen molar-refractivity contribution >= 4 is 17.3 Å². The SMILES string of the molecule is CN(C)c1ccc(C(=O)NCCc2cnn(C)c2)cc1N. The predicted octanol–water partition coefficient (Wildman–Crippen LogP) is 1.04. The Hall–Kier alpha value is -2.50. The lowest BCUT2D eigenvalue weighted by Crippen LogP contribution is -2.25. The van der Waals surface area contributed by atoms with Gasteiger partial charge in [0.1, 0.15) is 0 Å². The number of aryl methyl sites for hydroxylation is 1. The van der Waals surface area contributed by atoms with E-state index in [9.17, 15) is 4.79 Å². The van der Waals surface area contributed by atoms with E-state index in [4.69, 9.17) is 5.73 Å². The number of aromatic nitrogens is 2. The van der Waals surface area contributed by atoms with E-state index in [0.29, 0.717) is 17.8 Å². The van der Waals surface area contributed by atoms with Crippen LogP contribution in [0.3, 0.4) is 0 Å². The fourth-order valence-corrected chi connectivity index (χ4v) is 2.13. The highest BCUT2D eigenvalue weighted by Gasteiger charge is 2.09. The Kier molecular flexibility index (Phi) is 4.47. The Morgan fingerprint density at radius 3 is 2.76 bits per heavy atom. The summed E-state index contributed by atoms with van der Waals surface area (Å²) in [4.78, 5) is 14.0. The Morgan fingerprint density at radius 2 is 2.19 bits per heavy atom. The van der Waals surface area contributed by atoms with Crippen molar-refractivity contribution in [2.45, 2.75) is 6.42 Å². The number of carbonyl (C=O) groups is 1. The van der Waals surface area contributed by atoms with Gasteiger partial charge in [0.05, 0.1) is 17.6 Å². The molecule has 1 aromatic heterocycles. The third-order valence-electron chi connectivity index (χ3n) is 3.23. The number of nitrogens with zero attached hydrogens (tertiary/aromatic N) is 3. The topological polar surface area (TPSA) is 76.2 Å². The minimum absolute atomic E-state index is 0.115. The van der Waals surface area contributed by atoms with Gasteiger partial charge in [0, 0.05) is 39.4 Å². The van der Waals surface area contributed by atoms with Crippen LogP contribution in [0.5, 0.6) is 0 Å². The molecule has 2 aromatic rings. The second-order valence-electron chi connectivity index (χ2n) is 5.20. The number of hydrogen-bond acceptors (Lipinski definition) is 4. The highest BCUT2D eigenvalue weighted by Crippen LogP contribution is 2.22. The van der Waals surface area contributed by atoms with Gasteiger partial charge < -0.3 is 16.0 Å². The van der Waals surface area contributed by atoms with Crippen LogP contribution in [0.15, 0.2) is 30.6 Å². The molecule has 1 aromatic carbocycles. The molecule has 0 bridgehead atoms. The molecule has 0 saturated carbocycles. The van der Waals surface area contributed by atoms with E-state index < -0.39 is 0 Å². The van der Waals surface area contributed by atoms with Crippen LogP contribution in [0.1, 0.15) is 15.9 Å². The number of benzene rings is 1. The monoisotopic (exact) mass is 287 g/mol. The highest BCUT2D eigenvalue weighted by molar-refractivity contribution is 5.96. The zero-order valence-electron chi connectivity index (χ0n) is 12.6. The number of hydrogen-bond donors (Lipinski definition) is 2. The van der Waals surface area contributed by atoms with E-state index in [2.05, 4.69) is 10.4 Å². The zero-order valence-corrected chi connectivity index (χ0v) is 12.6. The lowest BCUT2D eigenvalue weighted by Gasteiger charge is -2.15. The minimum atomic E-state index is -0.115. The van der Waals surface area contributed by atoms with E-state index in [-0.39, 0.29) is 5.91 Å². The van der Waals surface area contributed by atoms with E-state index >= 15 is 0 Å². The van der Waals surface area contributed by atoms with Crippen molar-refractivity contribution in [2.24, 2.45) is 7.05 Å². The van der Waals surface area contributed by atoms with Gasteiger partial charge in [-0.3, -0.25) is 9.48 Å². The fraction of sp³-hybridized carbons (Fsp3) is 0.333. The standard InChI is InChI=1S/C15H21N5O/c1-19(2)14-5-4-12(8-13(14)16)15(21)17-7-6-11-9-18-20(3)10-11/h4-5,8-10H,6-7,16H2,1-3H3,(H,17,21). The molecule has 3 N–H and O–H groups in total. The summed E-state index contributed by atoms with van der Waals surface area (Å²) in [6, 6.07) is 5.34. The molecular formula is C15H21N5O. The van der Waals surface area contributed by atoms with Crippen LogP contribution in [-0.2, 0) is 13.5 Å². The van der Waals surface area contributed by atoms with E-state index in [1.807, 2.05) is 38.3 Å². The molecule has 2 rings (SSSR count). The number of rotatable bonds is 5. The smallest absolute Gasteiger partial charge is 0.251 e. The maximum Gasteiger partial charge on any atom is 0.251 e. The van der Waals surface area contributed by atoms with Crippen molar-refractivity contribution in [1.29, 1.82) is 0 Å². The van der Waals surface area contributed by atoms with Gasteiger partial charge in [-0.1, -0.05) is 0 Å². The van der Waals surface area contributed by atoms with Gasteiger partial charge in [0.2, 0.25) is 0 Å². The molecule has 112 valence electrons. The second kappa shape index (κ2) is 6.30. The Bertz CT molecular complexity index is 633. The molecule has 1 heterocycles. The normalized spacial score (nSPS) is 10.4. The summed E-state index contributed by atoms with van der Waals surface area (Å²) in [5, 5.41) is 6.98. The van der Waals surface area contributed by atoms with Gasteiger partial charge in [0.15, 0.2) is 0 Å². The first-order valence-corrected chi connectivity index (χ1v) is 6.80. The number of nitrogens with two attached hydrogens (primary N) is 1. The van der Waals surface area contributed by atoms with Crippen molar-refractivity contribution in [1.82, 2.24) is 15.1 Å². The van der Waals surface area contributed by atoms with Crippen molar-refractivity contribution < 1.29 is 4.79 Å². The first-order valence-electron chi connectivity index (χ1n) is 6.80. The summed E-state index contributed by atoms with van der Waals surface area (Å²) < 4.78 is 1.75. The van der Waals surface area contributed by atoms with Crippen LogP contribution in [0, 0.1) is 0 Å². The Morgan fingerprint density at radius 1 is 1.43 bits per heavy atom. The van der Waals surface area contributed by atoms with Gasteiger partial charge in [0.25, 0.3) is 5.91 Å². The number of nitrogens with one attached hydrogen (secondary N) is 1. The van der Waals surface area contributed by atoms with E-state index in [0.717, 1.165) is 17.7 Å². The molecule has 0 fully saturated rings. The maximum absolute atomic E-state index is 12.1. The van der Waals surface area contributed by atoms with Crippen molar-refractivity contribution in [3.63, 3.8) is 0 Å². The molecule has 0 radical (unpaired) electrons. The molecule has 0 aliphatic rings. The van der Waals surface area contributed by atoms with Crippen LogP contribution >= 0.6 is 0 Å². The van der Waals surface area contributed by atoms with Gasteiger partial charge in [-0.05, 0) is 30.2 Å². The van der Waals surface area contributed by atoms with Gasteiger partial charge in [-0.15, -0.1) is 0 Å². The fourth-order valence-electron chi connectivity index (χ4n) is 2.13. The first kappa shape index (κ1) is 14.9. The lowest BCUT2D eigenvalue weighted by atomic mass is 10.1. The molecule has 0 aliphatic heterocycles. The van der Waals surface area contributed by atoms with Crippen LogP contribution in [0.2, 0.25) is 0 Å². The molecule has 0 spiro atoms. The van der Waals surface area contributed by atoms with Gasteiger partial charge in [-0.25, -0.2) is 0 Å². The third kappa shape index (κ3) is 3.75. The summed E-state index contributed by atoms with van der Waals surface area (Å²) in [6.45, 7) is 0.569. The lowest BCUT2D eigenvalue weighted by molar-refractivity contribution is 0.0954. The molecule has 0 aliphatic carbocycles. The highest BCUT2D eigenvalue weighted by atomic mass is 16.1. The second-order valence-corrected chi connectivity index (χ2v) is 5.20. The summed E-state index contributed by atoms with van der Waals surface area (Å²) in [6.07, 6.45) is 4.50. The molecular weight excluding hydrogens is 266 g/mol. The van der Waals surface area contributed by atoms with Crippen LogP contribution in [-0.4, -0.2) is 36.3 Å². The average molecular weight is 287 g/mol. The maximum atomic E-state index is 12.1. The van der Waals surface area contributed by atoms with Crippen molar-refractivity contribution in [2.75, 3.05) is 31.3 Å². The van der Waals surface area contributed by atoms with E-state index in [1.54, 1.807) is 23.0 Å². The molecule has 0 saturated heterocycles. The van der Waals surface area contributed by atoms with Crippen LogP contribution in [0.25, 0.3) is 0 Å². The Balaban J connectivity index is 1.92.